The van der Waals surface area contributed by atoms with Crippen LogP contribution in [0.2, 0.25) is 0 Å². The van der Waals surface area contributed by atoms with Crippen molar-refractivity contribution in [2.75, 3.05) is 13.1 Å². The minimum Gasteiger partial charge on any atom is -0.352 e. The van der Waals surface area contributed by atoms with Gasteiger partial charge in [0.25, 0.3) is 0 Å². The van der Waals surface area contributed by atoms with Crippen molar-refractivity contribution in [1.82, 2.24) is 10.0 Å². The molecule has 8 heteroatoms. The van der Waals surface area contributed by atoms with Crippen LogP contribution >= 0.6 is 0 Å². The van der Waals surface area contributed by atoms with Crippen LogP contribution in [0.4, 0.5) is 4.79 Å². The second kappa shape index (κ2) is 5.73. The molecule has 5 N–H and O–H groups in total. The van der Waals surface area contributed by atoms with Gasteiger partial charge < -0.3 is 11.1 Å². The zero-order valence-electron chi connectivity index (χ0n) is 6.99. The lowest BCUT2D eigenvalue weighted by Crippen LogP contribution is -2.30. The Bertz CT molecular complexity index is 251. The van der Waals surface area contributed by atoms with Crippen molar-refractivity contribution in [3.8, 4) is 0 Å². The number of urea groups is 1. The summed E-state index contributed by atoms with van der Waals surface area (Å²) < 4.78 is 30.4. The lowest BCUT2D eigenvalue weighted by Gasteiger charge is -2.01. The van der Waals surface area contributed by atoms with E-state index >= 15 is 0 Å². The molecule has 0 radical (unpaired) electrons. The van der Waals surface area contributed by atoms with Crippen LogP contribution in [0.25, 0.3) is 0 Å². The first kappa shape index (κ1) is 12.1. The summed E-state index contributed by atoms with van der Waals surface area (Å²) in [4.78, 5) is 10.2. The molecule has 0 rings (SSSR count). The molecule has 78 valence electrons. The molecule has 0 saturated heterocycles. The molecule has 0 bridgehead atoms. The smallest absolute Gasteiger partial charge is 0.333 e. The highest BCUT2D eigenvalue weighted by molar-refractivity contribution is 7.83. The monoisotopic (exact) mass is 211 g/mol. The average Bonchev–Trinajstić information content (AvgIpc) is 1.93. The van der Waals surface area contributed by atoms with E-state index in [2.05, 4.69) is 5.32 Å². The molecule has 0 heterocycles. The van der Waals surface area contributed by atoms with Gasteiger partial charge >= 0.3 is 16.3 Å². The van der Waals surface area contributed by atoms with Crippen LogP contribution in [0.1, 0.15) is 12.8 Å². The van der Waals surface area contributed by atoms with E-state index in [1.54, 1.807) is 0 Å². The highest BCUT2D eigenvalue weighted by Crippen LogP contribution is 1.85. The molecule has 0 spiro atoms. The fourth-order valence-electron chi connectivity index (χ4n) is 0.663. The third-order valence-electron chi connectivity index (χ3n) is 1.19. The number of nitrogens with two attached hydrogens (primary N) is 1. The van der Waals surface area contributed by atoms with Crippen molar-refractivity contribution in [3.05, 3.63) is 0 Å². The maximum absolute atomic E-state index is 10.2. The van der Waals surface area contributed by atoms with Gasteiger partial charge in [0.15, 0.2) is 0 Å². The average molecular weight is 211 g/mol. The van der Waals surface area contributed by atoms with Crippen molar-refractivity contribution in [3.63, 3.8) is 0 Å². The maximum atomic E-state index is 10.2. The predicted octanol–water partition coefficient (Wildman–Crippen LogP) is -1.17. The Labute approximate surface area is 76.6 Å². The van der Waals surface area contributed by atoms with Crippen LogP contribution < -0.4 is 15.8 Å². The molecule has 0 aromatic carbocycles. The lowest BCUT2D eigenvalue weighted by atomic mass is 10.3. The summed E-state index contributed by atoms with van der Waals surface area (Å²) in [5, 5.41) is 2.34. The number of carbonyl (C=O) groups excluding carboxylic acids is 1. The number of hydrogen-bond donors (Lipinski definition) is 4. The molecule has 13 heavy (non-hydrogen) atoms. The summed E-state index contributed by atoms with van der Waals surface area (Å²) in [6.07, 6.45) is 1.10. The summed E-state index contributed by atoms with van der Waals surface area (Å²) in [5.74, 6) is 0. The highest BCUT2D eigenvalue weighted by atomic mass is 32.2. The van der Waals surface area contributed by atoms with E-state index in [-0.39, 0.29) is 6.54 Å². The number of unbranched alkanes of at least 4 members (excludes halogenated alkanes) is 1. The Hall–Kier alpha value is -0.860. The zero-order chi connectivity index (χ0) is 10.3. The van der Waals surface area contributed by atoms with Gasteiger partial charge in [-0.2, -0.15) is 13.1 Å². The van der Waals surface area contributed by atoms with Gasteiger partial charge in [0.2, 0.25) is 0 Å². The summed E-state index contributed by atoms with van der Waals surface area (Å²) in [7, 11) is -4.09. The van der Waals surface area contributed by atoms with Gasteiger partial charge in [-0.1, -0.05) is 0 Å². The van der Waals surface area contributed by atoms with Crippen LogP contribution in [0.3, 0.4) is 0 Å². The van der Waals surface area contributed by atoms with Crippen molar-refractivity contribution in [1.29, 1.82) is 0 Å². The molecule has 0 atom stereocenters. The fourth-order valence-corrected chi connectivity index (χ4v) is 1.07. The zero-order valence-corrected chi connectivity index (χ0v) is 7.80. The number of nitrogens with one attached hydrogen (secondary N) is 2. The SMILES string of the molecule is NC(=O)NCCCCNS(=O)(=O)O. The molecule has 7 nitrogen and oxygen atoms in total. The van der Waals surface area contributed by atoms with Gasteiger partial charge in [0.05, 0.1) is 0 Å². The summed E-state index contributed by atoms with van der Waals surface area (Å²) in [6, 6.07) is -0.609. The quantitative estimate of drug-likeness (QED) is 0.326. The number of hydrogen-bond acceptors (Lipinski definition) is 3. The van der Waals surface area contributed by atoms with E-state index in [0.717, 1.165) is 0 Å². The number of amides is 2. The van der Waals surface area contributed by atoms with Crippen molar-refractivity contribution in [2.45, 2.75) is 12.8 Å². The minimum absolute atomic E-state index is 0.138. The van der Waals surface area contributed by atoms with E-state index in [9.17, 15) is 13.2 Å². The van der Waals surface area contributed by atoms with Crippen LogP contribution in [-0.4, -0.2) is 32.1 Å². The van der Waals surface area contributed by atoms with Gasteiger partial charge in [-0.3, -0.25) is 4.55 Å². The first-order chi connectivity index (χ1) is 5.92. The molecule has 0 aromatic rings. The largest absolute Gasteiger partial charge is 0.352 e. The fraction of sp³-hybridized carbons (Fsp3) is 0.800. The topological polar surface area (TPSA) is 122 Å². The number of rotatable bonds is 6. The number of primary amides is 1. The second-order valence-corrected chi connectivity index (χ2v) is 3.61. The van der Waals surface area contributed by atoms with Crippen LogP contribution in [-0.2, 0) is 10.3 Å². The third kappa shape index (κ3) is 11.1. The number of carbonyl (C=O) groups is 1. The van der Waals surface area contributed by atoms with Crippen molar-refractivity contribution in [2.24, 2.45) is 5.73 Å². The molecule has 0 aliphatic heterocycles. The Morgan fingerprint density at radius 1 is 1.31 bits per heavy atom. The van der Waals surface area contributed by atoms with Crippen molar-refractivity contribution < 1.29 is 17.8 Å². The molecule has 0 aromatic heterocycles. The molecular weight excluding hydrogens is 198 g/mol. The van der Waals surface area contributed by atoms with E-state index in [1.165, 1.54) is 0 Å². The first-order valence-corrected chi connectivity index (χ1v) is 5.11. The van der Waals surface area contributed by atoms with Gasteiger partial charge in [-0.25, -0.2) is 4.79 Å². The highest BCUT2D eigenvalue weighted by Gasteiger charge is 2.00. The Balaban J connectivity index is 3.23. The first-order valence-electron chi connectivity index (χ1n) is 3.67. The van der Waals surface area contributed by atoms with Crippen molar-refractivity contribution >= 4 is 16.3 Å². The standard InChI is InChI=1S/C5H13N3O4S/c6-5(9)7-3-1-2-4-8-13(10,11)12/h8H,1-4H2,(H3,6,7,9)(H,10,11,12). The molecule has 0 aliphatic rings. The van der Waals surface area contributed by atoms with Crippen LogP contribution in [0, 0.1) is 0 Å². The van der Waals surface area contributed by atoms with Gasteiger partial charge in [-0.05, 0) is 12.8 Å². The molecular formula is C5H13N3O4S. The van der Waals surface area contributed by atoms with Gasteiger partial charge in [0.1, 0.15) is 0 Å². The van der Waals surface area contributed by atoms with E-state index in [4.69, 9.17) is 10.3 Å². The summed E-state index contributed by atoms with van der Waals surface area (Å²) in [5.41, 5.74) is 4.77. The Morgan fingerprint density at radius 3 is 2.31 bits per heavy atom. The molecule has 0 unspecified atom stereocenters. The minimum atomic E-state index is -4.09. The van der Waals surface area contributed by atoms with E-state index < -0.39 is 16.3 Å². The summed E-state index contributed by atoms with van der Waals surface area (Å²) in [6.45, 7) is 0.530. The molecule has 0 aliphatic carbocycles. The molecule has 2 amide bonds. The summed E-state index contributed by atoms with van der Waals surface area (Å²) >= 11 is 0. The molecule has 0 saturated carbocycles. The normalized spacial score (nSPS) is 11.2. The lowest BCUT2D eigenvalue weighted by molar-refractivity contribution is 0.248. The van der Waals surface area contributed by atoms with Gasteiger partial charge in [-0.15, -0.1) is 0 Å². The Kier molecular flexibility index (Phi) is 5.35. The maximum Gasteiger partial charge on any atom is 0.333 e. The third-order valence-corrected chi connectivity index (χ3v) is 1.76. The van der Waals surface area contributed by atoms with Crippen LogP contribution in [0.5, 0.6) is 0 Å². The van der Waals surface area contributed by atoms with Gasteiger partial charge in [0, 0.05) is 13.1 Å². The second-order valence-electron chi connectivity index (χ2n) is 2.37. The predicted molar refractivity (Wildman–Crippen MR) is 46.4 cm³/mol. The van der Waals surface area contributed by atoms with E-state index in [1.807, 2.05) is 4.72 Å². The van der Waals surface area contributed by atoms with Crippen LogP contribution in [0.15, 0.2) is 0 Å². The molecule has 0 fully saturated rings. The van der Waals surface area contributed by atoms with E-state index in [0.29, 0.717) is 19.4 Å². The Morgan fingerprint density at radius 2 is 1.85 bits per heavy atom.